The van der Waals surface area contributed by atoms with Crippen LogP contribution in [0.1, 0.15) is 22.4 Å². The number of aryl methyl sites for hydroxylation is 2. The van der Waals surface area contributed by atoms with E-state index in [0.29, 0.717) is 29.7 Å². The fourth-order valence-corrected chi connectivity index (χ4v) is 2.77. The number of hydrogen-bond acceptors (Lipinski definition) is 5. The van der Waals surface area contributed by atoms with Gasteiger partial charge >= 0.3 is 0 Å². The number of nitrogens with zero attached hydrogens (tertiary/aromatic N) is 4. The first-order valence-electron chi connectivity index (χ1n) is 7.81. The van der Waals surface area contributed by atoms with Crippen molar-refractivity contribution in [2.45, 2.75) is 12.8 Å². The molecule has 120 valence electrons. The molecule has 1 aromatic carbocycles. The maximum atomic E-state index is 9.72. The zero-order valence-corrected chi connectivity index (χ0v) is 13.5. The van der Waals surface area contributed by atoms with Crippen LogP contribution in [0.5, 0.6) is 0 Å². The lowest BCUT2D eigenvalue weighted by atomic mass is 9.93. The van der Waals surface area contributed by atoms with Gasteiger partial charge in [0.2, 0.25) is 0 Å². The third kappa shape index (κ3) is 3.31. The Hall–Kier alpha value is -3.70. The van der Waals surface area contributed by atoms with Gasteiger partial charge in [-0.3, -0.25) is 4.98 Å². The molecule has 2 aromatic heterocycles. The quantitative estimate of drug-likeness (QED) is 0.793. The molecule has 0 amide bonds. The van der Waals surface area contributed by atoms with Crippen LogP contribution in [0, 0.1) is 22.7 Å². The molecule has 0 saturated carbocycles. The monoisotopic (exact) mass is 325 g/mol. The normalized spacial score (nSPS) is 10.0. The Labute approximate surface area is 146 Å². The SMILES string of the molecule is N#Cc1c(N)nc(CCc2cccnc2)c(C#N)c1-c1ccccc1. The first-order chi connectivity index (χ1) is 12.2. The minimum atomic E-state index is 0.154. The van der Waals surface area contributed by atoms with Crippen molar-refractivity contribution in [3.8, 4) is 23.3 Å². The average molecular weight is 325 g/mol. The van der Waals surface area contributed by atoms with Gasteiger partial charge in [0.05, 0.1) is 11.3 Å². The van der Waals surface area contributed by atoms with Gasteiger partial charge in [-0.25, -0.2) is 4.98 Å². The summed E-state index contributed by atoms with van der Waals surface area (Å²) in [6, 6.07) is 17.5. The minimum absolute atomic E-state index is 0.154. The number of anilines is 1. The van der Waals surface area contributed by atoms with Crippen LogP contribution in [0.15, 0.2) is 54.9 Å². The number of rotatable bonds is 4. The summed E-state index contributed by atoms with van der Waals surface area (Å²) in [5, 5.41) is 19.2. The Morgan fingerprint density at radius 1 is 0.920 bits per heavy atom. The molecule has 2 N–H and O–H groups in total. The van der Waals surface area contributed by atoms with Gasteiger partial charge in [0.1, 0.15) is 23.5 Å². The molecule has 3 rings (SSSR count). The van der Waals surface area contributed by atoms with E-state index in [4.69, 9.17) is 5.73 Å². The van der Waals surface area contributed by atoms with Crippen LogP contribution in [-0.4, -0.2) is 9.97 Å². The molecule has 0 unspecified atom stereocenters. The summed E-state index contributed by atoms with van der Waals surface area (Å²) >= 11 is 0. The van der Waals surface area contributed by atoms with E-state index in [2.05, 4.69) is 22.1 Å². The summed E-state index contributed by atoms with van der Waals surface area (Å²) in [5.74, 6) is 0.154. The van der Waals surface area contributed by atoms with E-state index < -0.39 is 0 Å². The van der Waals surface area contributed by atoms with Gasteiger partial charge in [0, 0.05) is 18.0 Å². The Morgan fingerprint density at radius 3 is 2.32 bits per heavy atom. The van der Waals surface area contributed by atoms with Gasteiger partial charge < -0.3 is 5.73 Å². The van der Waals surface area contributed by atoms with Crippen LogP contribution in [0.2, 0.25) is 0 Å². The summed E-state index contributed by atoms with van der Waals surface area (Å²) < 4.78 is 0. The maximum Gasteiger partial charge on any atom is 0.142 e. The molecule has 0 spiro atoms. The molecule has 5 nitrogen and oxygen atoms in total. The van der Waals surface area contributed by atoms with E-state index in [1.165, 1.54) is 0 Å². The van der Waals surface area contributed by atoms with Crippen molar-refractivity contribution in [1.82, 2.24) is 9.97 Å². The summed E-state index contributed by atoms with van der Waals surface area (Å²) in [5.41, 5.74) is 9.65. The van der Waals surface area contributed by atoms with Gasteiger partial charge in [-0.2, -0.15) is 10.5 Å². The lowest BCUT2D eigenvalue weighted by Gasteiger charge is -2.13. The summed E-state index contributed by atoms with van der Waals surface area (Å²) in [6.45, 7) is 0. The predicted octanol–water partition coefficient (Wildman–Crippen LogP) is 3.25. The number of benzene rings is 1. The second-order valence-electron chi connectivity index (χ2n) is 5.52. The van der Waals surface area contributed by atoms with Crippen LogP contribution in [0.3, 0.4) is 0 Å². The summed E-state index contributed by atoms with van der Waals surface area (Å²) in [7, 11) is 0. The standard InChI is InChI=1S/C20H15N5/c21-11-16-18(9-8-14-5-4-10-24-13-14)25-20(23)17(12-22)19(16)15-6-2-1-3-7-15/h1-7,10,13H,8-9H2,(H2,23,25). The van der Waals surface area contributed by atoms with Crippen molar-refractivity contribution < 1.29 is 0 Å². The van der Waals surface area contributed by atoms with Gasteiger partial charge in [0.15, 0.2) is 0 Å². The van der Waals surface area contributed by atoms with Gasteiger partial charge in [0.25, 0.3) is 0 Å². The van der Waals surface area contributed by atoms with E-state index in [-0.39, 0.29) is 11.4 Å². The Kier molecular flexibility index (Phi) is 4.69. The molecule has 0 aliphatic heterocycles. The van der Waals surface area contributed by atoms with Gasteiger partial charge in [-0.15, -0.1) is 0 Å². The number of pyridine rings is 2. The zero-order valence-electron chi connectivity index (χ0n) is 13.5. The lowest BCUT2D eigenvalue weighted by molar-refractivity contribution is 0.904. The third-order valence-electron chi connectivity index (χ3n) is 3.96. The van der Waals surface area contributed by atoms with Gasteiger partial charge in [-0.05, 0) is 30.0 Å². The fraction of sp³-hybridized carbons (Fsp3) is 0.100. The number of aromatic nitrogens is 2. The molecule has 5 heteroatoms. The highest BCUT2D eigenvalue weighted by Gasteiger charge is 2.19. The largest absolute Gasteiger partial charge is 0.383 e. The molecular weight excluding hydrogens is 310 g/mol. The number of hydrogen-bond donors (Lipinski definition) is 1. The molecule has 0 radical (unpaired) electrons. The minimum Gasteiger partial charge on any atom is -0.383 e. The van der Waals surface area contributed by atoms with Crippen LogP contribution in [0.4, 0.5) is 5.82 Å². The highest BCUT2D eigenvalue weighted by atomic mass is 14.9. The van der Waals surface area contributed by atoms with Crippen LogP contribution >= 0.6 is 0 Å². The van der Waals surface area contributed by atoms with E-state index >= 15 is 0 Å². The van der Waals surface area contributed by atoms with Crippen LogP contribution in [0.25, 0.3) is 11.1 Å². The first-order valence-corrected chi connectivity index (χ1v) is 7.81. The number of nitriles is 2. The summed E-state index contributed by atoms with van der Waals surface area (Å²) in [4.78, 5) is 8.42. The second kappa shape index (κ2) is 7.25. The van der Waals surface area contributed by atoms with Crippen molar-refractivity contribution in [2.75, 3.05) is 5.73 Å². The zero-order chi connectivity index (χ0) is 17.6. The molecule has 0 fully saturated rings. The van der Waals surface area contributed by atoms with Crippen molar-refractivity contribution >= 4 is 5.82 Å². The third-order valence-corrected chi connectivity index (χ3v) is 3.96. The second-order valence-corrected chi connectivity index (χ2v) is 5.52. The van der Waals surface area contributed by atoms with Crippen molar-refractivity contribution in [1.29, 1.82) is 10.5 Å². The lowest BCUT2D eigenvalue weighted by Crippen LogP contribution is -2.07. The van der Waals surface area contributed by atoms with Gasteiger partial charge in [-0.1, -0.05) is 36.4 Å². The van der Waals surface area contributed by atoms with Crippen molar-refractivity contribution in [2.24, 2.45) is 0 Å². The number of nitrogens with two attached hydrogens (primary N) is 1. The highest BCUT2D eigenvalue weighted by Crippen LogP contribution is 2.32. The van der Waals surface area contributed by atoms with E-state index in [9.17, 15) is 10.5 Å². The number of nitrogen functional groups attached to an aromatic ring is 1. The molecule has 0 aliphatic rings. The molecular formula is C20H15N5. The first kappa shape index (κ1) is 16.2. The van der Waals surface area contributed by atoms with Crippen LogP contribution < -0.4 is 5.73 Å². The Balaban J connectivity index is 2.10. The summed E-state index contributed by atoms with van der Waals surface area (Å²) in [6.07, 6.45) is 4.74. The Morgan fingerprint density at radius 2 is 1.68 bits per heavy atom. The maximum absolute atomic E-state index is 9.72. The molecule has 0 saturated heterocycles. The molecule has 3 aromatic rings. The predicted molar refractivity (Wildman–Crippen MR) is 95.2 cm³/mol. The topological polar surface area (TPSA) is 99.4 Å². The fourth-order valence-electron chi connectivity index (χ4n) is 2.77. The molecule has 25 heavy (non-hydrogen) atoms. The van der Waals surface area contributed by atoms with E-state index in [1.807, 2.05) is 42.5 Å². The highest BCUT2D eigenvalue weighted by molar-refractivity contribution is 5.81. The van der Waals surface area contributed by atoms with E-state index in [1.54, 1.807) is 12.4 Å². The van der Waals surface area contributed by atoms with Crippen LogP contribution in [-0.2, 0) is 12.8 Å². The molecule has 0 aliphatic carbocycles. The molecule has 0 bridgehead atoms. The molecule has 0 atom stereocenters. The molecule has 2 heterocycles. The Bertz CT molecular complexity index is 967. The van der Waals surface area contributed by atoms with E-state index in [0.717, 1.165) is 11.1 Å². The average Bonchev–Trinajstić information content (AvgIpc) is 2.67. The van der Waals surface area contributed by atoms with Crippen molar-refractivity contribution in [3.63, 3.8) is 0 Å². The van der Waals surface area contributed by atoms with Crippen molar-refractivity contribution in [3.05, 3.63) is 77.2 Å². The smallest absolute Gasteiger partial charge is 0.142 e.